The smallest absolute Gasteiger partial charge is 0.338 e. The topological polar surface area (TPSA) is 88.4 Å². The third kappa shape index (κ3) is 5.86. The van der Waals surface area contributed by atoms with Crippen molar-refractivity contribution in [2.45, 2.75) is 32.7 Å². The average molecular weight is 723 g/mol. The largest absolute Gasteiger partial charge is 0.496 e. The summed E-state index contributed by atoms with van der Waals surface area (Å²) in [5, 5.41) is 1.82. The number of thiazole rings is 1. The van der Waals surface area contributed by atoms with Gasteiger partial charge in [0.05, 0.1) is 40.2 Å². The zero-order valence-electron chi connectivity index (χ0n) is 24.8. The highest BCUT2D eigenvalue weighted by Gasteiger charge is 2.37. The molecular formula is C34H31IN2O6S. The van der Waals surface area contributed by atoms with E-state index in [0.29, 0.717) is 49.8 Å². The number of fused-ring (bicyclic) bond motifs is 2. The number of terminal acetylenes is 1. The number of allylic oxidation sites excluding steroid dienone is 1. The molecule has 0 bridgehead atoms. The van der Waals surface area contributed by atoms with Crippen LogP contribution in [0.2, 0.25) is 0 Å². The fourth-order valence-corrected chi connectivity index (χ4v) is 7.16. The highest BCUT2D eigenvalue weighted by molar-refractivity contribution is 14.1. The molecule has 1 aliphatic heterocycles. The minimum absolute atomic E-state index is 0.102. The second kappa shape index (κ2) is 13.7. The van der Waals surface area contributed by atoms with Crippen molar-refractivity contribution in [2.75, 3.05) is 27.4 Å². The van der Waals surface area contributed by atoms with Gasteiger partial charge in [0, 0.05) is 5.56 Å². The number of methoxy groups -OCH3 is 2. The zero-order chi connectivity index (χ0) is 31.4. The average Bonchev–Trinajstić information content (AvgIpc) is 3.33. The summed E-state index contributed by atoms with van der Waals surface area (Å²) in [6.45, 7) is 4.08. The van der Waals surface area contributed by atoms with Crippen LogP contribution in [0.3, 0.4) is 0 Å². The molecule has 0 N–H and O–H groups in total. The van der Waals surface area contributed by atoms with E-state index in [4.69, 9.17) is 30.4 Å². The molecule has 0 aliphatic carbocycles. The maximum atomic E-state index is 14.4. The molecule has 0 unspecified atom stereocenters. The molecule has 8 nitrogen and oxygen atoms in total. The summed E-state index contributed by atoms with van der Waals surface area (Å²) >= 11 is 3.42. The number of nitrogens with zero attached hydrogens (tertiary/aromatic N) is 2. The van der Waals surface area contributed by atoms with Crippen molar-refractivity contribution in [1.29, 1.82) is 0 Å². The Morgan fingerprint density at radius 3 is 2.61 bits per heavy atom. The second-order valence-corrected chi connectivity index (χ2v) is 12.0. The van der Waals surface area contributed by atoms with Crippen LogP contribution in [0.4, 0.5) is 0 Å². The highest BCUT2D eigenvalue weighted by atomic mass is 127. The molecule has 1 aliphatic rings. The Kier molecular flexibility index (Phi) is 9.76. The summed E-state index contributed by atoms with van der Waals surface area (Å²) in [6.07, 6.45) is 8.47. The first-order valence-corrected chi connectivity index (χ1v) is 16.0. The van der Waals surface area contributed by atoms with E-state index in [-0.39, 0.29) is 18.8 Å². The van der Waals surface area contributed by atoms with Crippen LogP contribution >= 0.6 is 33.9 Å². The number of hydrogen-bond acceptors (Lipinski definition) is 8. The van der Waals surface area contributed by atoms with Gasteiger partial charge < -0.3 is 18.9 Å². The van der Waals surface area contributed by atoms with Gasteiger partial charge in [0.25, 0.3) is 5.56 Å². The van der Waals surface area contributed by atoms with E-state index in [9.17, 15) is 9.59 Å². The van der Waals surface area contributed by atoms with Crippen LogP contribution in [0.1, 0.15) is 43.9 Å². The fourth-order valence-electron chi connectivity index (χ4n) is 5.36. The lowest BCUT2D eigenvalue weighted by atomic mass is 9.90. The number of benzene rings is 3. The quantitative estimate of drug-likeness (QED) is 0.125. The van der Waals surface area contributed by atoms with Gasteiger partial charge in [-0.25, -0.2) is 9.79 Å². The molecular weight excluding hydrogens is 691 g/mol. The first-order valence-electron chi connectivity index (χ1n) is 14.1. The van der Waals surface area contributed by atoms with Gasteiger partial charge in [0.2, 0.25) is 0 Å². The van der Waals surface area contributed by atoms with Gasteiger partial charge in [0.1, 0.15) is 18.4 Å². The Labute approximate surface area is 272 Å². The predicted molar refractivity (Wildman–Crippen MR) is 180 cm³/mol. The monoisotopic (exact) mass is 722 g/mol. The fraction of sp³-hybridized carbons (Fsp3) is 0.265. The van der Waals surface area contributed by atoms with Crippen molar-refractivity contribution >= 4 is 56.7 Å². The maximum Gasteiger partial charge on any atom is 0.338 e. The Hall–Kier alpha value is -4.08. The van der Waals surface area contributed by atoms with Crippen molar-refractivity contribution in [1.82, 2.24) is 4.57 Å². The minimum Gasteiger partial charge on any atom is -0.496 e. The molecule has 1 aromatic heterocycles. The van der Waals surface area contributed by atoms with Crippen LogP contribution in [0.15, 0.2) is 69.6 Å². The van der Waals surface area contributed by atoms with E-state index in [1.807, 2.05) is 49.4 Å². The number of esters is 1. The number of carbonyl (C=O) groups excluding carboxylic acids is 1. The molecule has 0 amide bonds. The standard InChI is InChI=1S/C34H31IN2O6S/c1-6-11-24-29(33(39)42-8-3)30(28-22-13-10-9-12-21(22)14-15-25(28)40-4)37-32(38)27(44-34(37)36-24)19-20-17-23(35)31(43-16-7-2)26(18-20)41-5/h2,9-10,12-15,17-19,30H,6,8,11,16H2,1,3-5H3/b27-19-/t30-/m1/s1. The summed E-state index contributed by atoms with van der Waals surface area (Å²) in [6, 6.07) is 14.6. The third-order valence-corrected chi connectivity index (χ3v) is 8.95. The van der Waals surface area contributed by atoms with E-state index >= 15 is 0 Å². The number of hydrogen-bond donors (Lipinski definition) is 0. The Bertz CT molecular complexity index is 2000. The van der Waals surface area contributed by atoms with Gasteiger partial charge in [-0.05, 0) is 76.5 Å². The molecule has 5 rings (SSSR count). The van der Waals surface area contributed by atoms with Crippen molar-refractivity contribution in [2.24, 2.45) is 4.99 Å². The number of ether oxygens (including phenoxy) is 4. The van der Waals surface area contributed by atoms with Crippen LogP contribution in [-0.4, -0.2) is 38.0 Å². The van der Waals surface area contributed by atoms with Gasteiger partial charge in [-0.3, -0.25) is 9.36 Å². The zero-order valence-corrected chi connectivity index (χ0v) is 27.8. The van der Waals surface area contributed by atoms with Crippen LogP contribution in [0, 0.1) is 15.9 Å². The summed E-state index contributed by atoms with van der Waals surface area (Å²) in [5.74, 6) is 3.56. The van der Waals surface area contributed by atoms with E-state index in [2.05, 4.69) is 28.5 Å². The molecule has 0 saturated heterocycles. The van der Waals surface area contributed by atoms with Crippen molar-refractivity contribution in [3.05, 3.63) is 94.2 Å². The van der Waals surface area contributed by atoms with Crippen LogP contribution in [-0.2, 0) is 9.53 Å². The first kappa shape index (κ1) is 31.3. The second-order valence-electron chi connectivity index (χ2n) is 9.84. The van der Waals surface area contributed by atoms with Crippen LogP contribution < -0.4 is 29.1 Å². The Balaban J connectivity index is 1.82. The number of carbonyl (C=O) groups is 1. The summed E-state index contributed by atoms with van der Waals surface area (Å²) < 4.78 is 25.5. The summed E-state index contributed by atoms with van der Waals surface area (Å²) in [7, 11) is 3.14. The van der Waals surface area contributed by atoms with Gasteiger partial charge in [-0.2, -0.15) is 0 Å². The van der Waals surface area contributed by atoms with Crippen LogP contribution in [0.25, 0.3) is 16.8 Å². The highest BCUT2D eigenvalue weighted by Crippen LogP contribution is 2.41. The molecule has 226 valence electrons. The first-order chi connectivity index (χ1) is 21.4. The van der Waals surface area contributed by atoms with Crippen molar-refractivity contribution < 1.29 is 23.7 Å². The summed E-state index contributed by atoms with van der Waals surface area (Å²) in [4.78, 5) is 33.4. The molecule has 0 spiro atoms. The Morgan fingerprint density at radius 2 is 1.91 bits per heavy atom. The molecule has 4 aromatic rings. The molecule has 2 heterocycles. The van der Waals surface area contributed by atoms with Gasteiger partial charge in [-0.1, -0.05) is 60.9 Å². The lowest BCUT2D eigenvalue weighted by Gasteiger charge is -2.28. The lowest BCUT2D eigenvalue weighted by Crippen LogP contribution is -2.40. The van der Waals surface area contributed by atoms with Gasteiger partial charge >= 0.3 is 5.97 Å². The number of rotatable bonds is 10. The van der Waals surface area contributed by atoms with Crippen molar-refractivity contribution in [3.63, 3.8) is 0 Å². The molecule has 0 saturated carbocycles. The molecule has 1 atom stereocenters. The predicted octanol–water partition coefficient (Wildman–Crippen LogP) is 5.37. The molecule has 10 heteroatoms. The Morgan fingerprint density at radius 1 is 1.14 bits per heavy atom. The number of halogens is 1. The molecule has 0 radical (unpaired) electrons. The van der Waals surface area contributed by atoms with E-state index in [1.54, 1.807) is 37.9 Å². The third-order valence-electron chi connectivity index (χ3n) is 7.17. The normalized spacial score (nSPS) is 14.5. The minimum atomic E-state index is -0.815. The van der Waals surface area contributed by atoms with Crippen molar-refractivity contribution in [3.8, 4) is 29.6 Å². The molecule has 3 aromatic carbocycles. The van der Waals surface area contributed by atoms with E-state index in [1.165, 1.54) is 11.3 Å². The molecule has 0 fully saturated rings. The SMILES string of the molecule is C#CCOc1c(I)cc(/C=c2\sc3n(c2=O)[C@H](c2c(OC)ccc4ccccc24)C(C(=O)OCC)=C(CCC)N=3)cc1OC. The summed E-state index contributed by atoms with van der Waals surface area (Å²) in [5.41, 5.74) is 2.10. The maximum absolute atomic E-state index is 14.4. The lowest BCUT2D eigenvalue weighted by molar-refractivity contribution is -0.139. The van der Waals surface area contributed by atoms with Gasteiger partial charge in [0.15, 0.2) is 16.3 Å². The van der Waals surface area contributed by atoms with Crippen LogP contribution in [0.5, 0.6) is 17.2 Å². The van der Waals surface area contributed by atoms with E-state index < -0.39 is 12.0 Å². The molecule has 44 heavy (non-hydrogen) atoms. The van der Waals surface area contributed by atoms with Gasteiger partial charge in [-0.15, -0.1) is 6.42 Å². The number of aromatic nitrogens is 1. The van der Waals surface area contributed by atoms with E-state index in [0.717, 1.165) is 26.3 Å².